The minimum atomic E-state index is -0.656. The van der Waals surface area contributed by atoms with Gasteiger partial charge in [-0.15, -0.1) is 0 Å². The summed E-state index contributed by atoms with van der Waals surface area (Å²) in [5.41, 5.74) is 1.60. The molecular formula is C20H20N2O5. The average Bonchev–Trinajstić information content (AvgIpc) is 2.72. The number of benzene rings is 2. The monoisotopic (exact) mass is 368 g/mol. The van der Waals surface area contributed by atoms with Crippen LogP contribution in [0.3, 0.4) is 0 Å². The number of nitrogens with zero attached hydrogens (tertiary/aromatic N) is 1. The van der Waals surface area contributed by atoms with E-state index in [2.05, 4.69) is 0 Å². The maximum absolute atomic E-state index is 12.7. The lowest BCUT2D eigenvalue weighted by atomic mass is 10.1. The molecule has 0 atom stereocenters. The fraction of sp³-hybridized carbons (Fsp3) is 0.200. The molecule has 140 valence electrons. The van der Waals surface area contributed by atoms with Gasteiger partial charge in [0.1, 0.15) is 0 Å². The van der Waals surface area contributed by atoms with Crippen LogP contribution in [-0.2, 0) is 6.54 Å². The quantitative estimate of drug-likeness (QED) is 0.380. The fourth-order valence-corrected chi connectivity index (χ4v) is 2.82. The zero-order valence-corrected chi connectivity index (χ0v) is 14.8. The number of hydroxylamine groups is 1. The van der Waals surface area contributed by atoms with Gasteiger partial charge in [0.25, 0.3) is 11.5 Å². The number of aryl methyl sites for hydroxylation is 1. The van der Waals surface area contributed by atoms with Crippen molar-refractivity contribution in [3.05, 3.63) is 70.6 Å². The molecule has 3 aromatic rings. The van der Waals surface area contributed by atoms with Crippen molar-refractivity contribution in [2.75, 3.05) is 13.7 Å². The van der Waals surface area contributed by atoms with Crippen molar-refractivity contribution in [2.24, 2.45) is 0 Å². The van der Waals surface area contributed by atoms with Crippen LogP contribution in [0.5, 0.6) is 11.5 Å². The Balaban J connectivity index is 1.70. The van der Waals surface area contributed by atoms with Crippen molar-refractivity contribution in [1.82, 2.24) is 10.0 Å². The molecule has 7 nitrogen and oxygen atoms in total. The van der Waals surface area contributed by atoms with Gasteiger partial charge in [0.15, 0.2) is 11.5 Å². The van der Waals surface area contributed by atoms with Gasteiger partial charge in [0, 0.05) is 23.7 Å². The molecule has 0 unspecified atom stereocenters. The number of hydrogen-bond donors (Lipinski definition) is 2. The van der Waals surface area contributed by atoms with Crippen LogP contribution in [0.4, 0.5) is 0 Å². The van der Waals surface area contributed by atoms with Gasteiger partial charge in [-0.25, -0.2) is 5.48 Å². The van der Waals surface area contributed by atoms with E-state index in [4.69, 9.17) is 14.7 Å². The minimum Gasteiger partial charge on any atom is -0.493 e. The summed E-state index contributed by atoms with van der Waals surface area (Å²) in [6, 6.07) is 13.9. The Bertz CT molecular complexity index is 1010. The number of amides is 1. The number of hydrogen-bond acceptors (Lipinski definition) is 5. The van der Waals surface area contributed by atoms with Gasteiger partial charge in [0.2, 0.25) is 0 Å². The summed E-state index contributed by atoms with van der Waals surface area (Å²) in [7, 11) is 1.59. The van der Waals surface area contributed by atoms with Crippen LogP contribution in [0, 0.1) is 0 Å². The molecule has 0 fully saturated rings. The Morgan fingerprint density at radius 3 is 2.67 bits per heavy atom. The van der Waals surface area contributed by atoms with E-state index in [9.17, 15) is 9.59 Å². The number of carbonyl (C=O) groups is 1. The number of ether oxygens (including phenoxy) is 2. The Morgan fingerprint density at radius 2 is 1.93 bits per heavy atom. The molecule has 0 bridgehead atoms. The van der Waals surface area contributed by atoms with Crippen LogP contribution >= 0.6 is 0 Å². The molecule has 0 saturated carbocycles. The summed E-state index contributed by atoms with van der Waals surface area (Å²) in [5, 5.41) is 9.91. The highest BCUT2D eigenvalue weighted by molar-refractivity contribution is 5.97. The number of para-hydroxylation sites is 2. The summed E-state index contributed by atoms with van der Waals surface area (Å²) >= 11 is 0. The van der Waals surface area contributed by atoms with Crippen LogP contribution in [0.2, 0.25) is 0 Å². The molecule has 0 spiro atoms. The van der Waals surface area contributed by atoms with Gasteiger partial charge in [-0.2, -0.15) is 0 Å². The third-order valence-electron chi connectivity index (χ3n) is 4.21. The summed E-state index contributed by atoms with van der Waals surface area (Å²) in [6.45, 7) is 0.901. The maximum atomic E-state index is 12.7. The van der Waals surface area contributed by atoms with E-state index in [1.807, 2.05) is 30.3 Å². The van der Waals surface area contributed by atoms with Gasteiger partial charge in [-0.1, -0.05) is 18.2 Å². The first-order valence-corrected chi connectivity index (χ1v) is 8.47. The molecule has 0 radical (unpaired) electrons. The van der Waals surface area contributed by atoms with Crippen molar-refractivity contribution in [1.29, 1.82) is 0 Å². The molecule has 27 heavy (non-hydrogen) atoms. The topological polar surface area (TPSA) is 89.8 Å². The van der Waals surface area contributed by atoms with E-state index >= 15 is 0 Å². The van der Waals surface area contributed by atoms with Crippen molar-refractivity contribution in [3.8, 4) is 11.5 Å². The molecule has 3 rings (SSSR count). The summed E-state index contributed by atoms with van der Waals surface area (Å²) in [4.78, 5) is 24.2. The Kier molecular flexibility index (Phi) is 5.73. The minimum absolute atomic E-state index is 0.197. The van der Waals surface area contributed by atoms with E-state index in [1.54, 1.807) is 35.5 Å². The second-order valence-corrected chi connectivity index (χ2v) is 5.91. The Morgan fingerprint density at radius 1 is 1.15 bits per heavy atom. The molecule has 0 saturated heterocycles. The van der Waals surface area contributed by atoms with Crippen LogP contribution < -0.4 is 20.5 Å². The van der Waals surface area contributed by atoms with Gasteiger partial charge in [-0.3, -0.25) is 14.8 Å². The third kappa shape index (κ3) is 4.09. The second-order valence-electron chi connectivity index (χ2n) is 5.91. The first kappa shape index (κ1) is 18.5. The molecule has 7 heteroatoms. The third-order valence-corrected chi connectivity index (χ3v) is 4.21. The zero-order valence-electron chi connectivity index (χ0n) is 14.8. The van der Waals surface area contributed by atoms with E-state index < -0.39 is 5.91 Å². The molecule has 0 aliphatic rings. The number of pyridine rings is 1. The lowest BCUT2D eigenvalue weighted by Gasteiger charge is -2.11. The molecule has 1 amide bonds. The Labute approximate surface area is 155 Å². The first-order chi connectivity index (χ1) is 13.1. The van der Waals surface area contributed by atoms with E-state index in [0.717, 1.165) is 5.39 Å². The van der Waals surface area contributed by atoms with Crippen molar-refractivity contribution in [3.63, 3.8) is 0 Å². The number of fused-ring (bicyclic) bond motifs is 1. The molecule has 0 aliphatic carbocycles. The summed E-state index contributed by atoms with van der Waals surface area (Å²) in [5.74, 6) is 0.664. The van der Waals surface area contributed by atoms with Crippen LogP contribution in [0.1, 0.15) is 16.8 Å². The van der Waals surface area contributed by atoms with Crippen molar-refractivity contribution < 1.29 is 19.5 Å². The molecule has 2 aromatic carbocycles. The molecule has 2 N–H and O–H groups in total. The normalized spacial score (nSPS) is 10.6. The number of nitrogens with one attached hydrogen (secondary N) is 1. The van der Waals surface area contributed by atoms with Gasteiger partial charge in [-0.05, 0) is 42.1 Å². The van der Waals surface area contributed by atoms with Crippen molar-refractivity contribution >= 4 is 16.7 Å². The molecule has 1 aromatic heterocycles. The number of carbonyl (C=O) groups excluding carboxylic acids is 1. The van der Waals surface area contributed by atoms with Crippen LogP contribution in [-0.4, -0.2) is 29.4 Å². The van der Waals surface area contributed by atoms with Gasteiger partial charge < -0.3 is 14.0 Å². The fourth-order valence-electron chi connectivity index (χ4n) is 2.82. The summed E-state index contributed by atoms with van der Waals surface area (Å²) in [6.07, 6.45) is 2.35. The number of rotatable bonds is 7. The lowest BCUT2D eigenvalue weighted by molar-refractivity contribution is 0.0706. The van der Waals surface area contributed by atoms with Crippen molar-refractivity contribution in [2.45, 2.75) is 13.0 Å². The predicted octanol–water partition coefficient (Wildman–Crippen LogP) is 2.60. The van der Waals surface area contributed by atoms with E-state index in [0.29, 0.717) is 36.5 Å². The highest BCUT2D eigenvalue weighted by Crippen LogP contribution is 2.25. The zero-order chi connectivity index (χ0) is 19.2. The predicted molar refractivity (Wildman–Crippen MR) is 101 cm³/mol. The molecule has 1 heterocycles. The molecule has 0 aliphatic heterocycles. The van der Waals surface area contributed by atoms with E-state index in [1.165, 1.54) is 6.07 Å². The highest BCUT2D eigenvalue weighted by Gasteiger charge is 2.09. The Hall–Kier alpha value is -3.32. The van der Waals surface area contributed by atoms with Crippen LogP contribution in [0.15, 0.2) is 59.5 Å². The second kappa shape index (κ2) is 8.37. The van der Waals surface area contributed by atoms with Gasteiger partial charge in [0.05, 0.1) is 13.7 Å². The standard InChI is InChI=1S/C20H20N2O5/c1-26-17-5-2-3-6-18(17)27-12-4-10-22-11-9-14-7-8-15(19(23)21-25)13-16(14)20(22)24/h2-3,5-9,11,13,25H,4,10,12H2,1H3,(H,21,23). The van der Waals surface area contributed by atoms with E-state index in [-0.39, 0.29) is 11.1 Å². The first-order valence-electron chi connectivity index (χ1n) is 8.47. The van der Waals surface area contributed by atoms with Crippen LogP contribution in [0.25, 0.3) is 10.8 Å². The lowest BCUT2D eigenvalue weighted by Crippen LogP contribution is -2.22. The van der Waals surface area contributed by atoms with Gasteiger partial charge >= 0.3 is 0 Å². The summed E-state index contributed by atoms with van der Waals surface area (Å²) < 4.78 is 12.5. The maximum Gasteiger partial charge on any atom is 0.274 e. The largest absolute Gasteiger partial charge is 0.493 e. The average molecular weight is 368 g/mol. The SMILES string of the molecule is COc1ccccc1OCCCn1ccc2ccc(C(=O)NO)cc2c1=O. The smallest absolute Gasteiger partial charge is 0.274 e. The molecular weight excluding hydrogens is 348 g/mol. The highest BCUT2D eigenvalue weighted by atomic mass is 16.5. The number of aromatic nitrogens is 1. The number of methoxy groups -OCH3 is 1.